The number of rotatable bonds is 5. The van der Waals surface area contributed by atoms with Gasteiger partial charge in [-0.25, -0.2) is 8.78 Å². The summed E-state index contributed by atoms with van der Waals surface area (Å²) in [4.78, 5) is 0. The van der Waals surface area contributed by atoms with Crippen LogP contribution in [0.25, 0.3) is 10.8 Å². The van der Waals surface area contributed by atoms with E-state index in [2.05, 4.69) is 30.3 Å². The minimum Gasteiger partial charge on any atom is -0.211 e. The van der Waals surface area contributed by atoms with Crippen molar-refractivity contribution in [2.45, 2.75) is 32.1 Å². The molecule has 0 bridgehead atoms. The van der Waals surface area contributed by atoms with Crippen LogP contribution in [0.5, 0.6) is 0 Å². The minimum atomic E-state index is -2.16. The fraction of sp³-hybridized carbons (Fsp3) is 0.333. The normalized spacial score (nSPS) is 11.2. The van der Waals surface area contributed by atoms with Gasteiger partial charge in [0.15, 0.2) is 0 Å². The third-order valence-electron chi connectivity index (χ3n) is 2.95. The lowest BCUT2D eigenvalue weighted by atomic mass is 10.0. The highest BCUT2D eigenvalue weighted by molar-refractivity contribution is 5.82. The Morgan fingerprint density at radius 1 is 0.882 bits per heavy atom. The first-order valence-corrected chi connectivity index (χ1v) is 6.01. The molecule has 0 saturated carbocycles. The first kappa shape index (κ1) is 12.0. The van der Waals surface area contributed by atoms with Crippen LogP contribution in [0.15, 0.2) is 42.5 Å². The molecule has 0 saturated heterocycles. The van der Waals surface area contributed by atoms with E-state index in [0.717, 1.165) is 12.8 Å². The molecule has 0 N–H and O–H groups in total. The summed E-state index contributed by atoms with van der Waals surface area (Å²) < 4.78 is 23.9. The number of alkyl halides is 2. The zero-order valence-electron chi connectivity index (χ0n) is 9.70. The molecule has 0 atom stereocenters. The van der Waals surface area contributed by atoms with Crippen LogP contribution in [-0.2, 0) is 6.42 Å². The third kappa shape index (κ3) is 3.52. The number of fused-ring (bicyclic) bond motifs is 1. The molecule has 2 aromatic carbocycles. The fourth-order valence-electron chi connectivity index (χ4n) is 2.02. The molecule has 0 spiro atoms. The Balaban J connectivity index is 1.95. The molecule has 2 rings (SSSR count). The Bertz CT molecular complexity index is 477. The van der Waals surface area contributed by atoms with Gasteiger partial charge in [-0.3, -0.25) is 0 Å². The molecule has 17 heavy (non-hydrogen) atoms. The fourth-order valence-corrected chi connectivity index (χ4v) is 2.02. The van der Waals surface area contributed by atoms with E-state index in [1.165, 1.54) is 16.3 Å². The minimum absolute atomic E-state index is 0.0214. The van der Waals surface area contributed by atoms with Crippen LogP contribution in [-0.4, -0.2) is 6.43 Å². The quantitative estimate of drug-likeness (QED) is 0.651. The first-order chi connectivity index (χ1) is 8.25. The van der Waals surface area contributed by atoms with Crippen molar-refractivity contribution in [3.63, 3.8) is 0 Å². The highest BCUT2D eigenvalue weighted by Gasteiger charge is 2.02. The van der Waals surface area contributed by atoms with E-state index >= 15 is 0 Å². The molecule has 0 amide bonds. The molecule has 0 fully saturated rings. The maximum atomic E-state index is 12.0. The second kappa shape index (κ2) is 5.76. The summed E-state index contributed by atoms with van der Waals surface area (Å²) in [5, 5.41) is 2.45. The van der Waals surface area contributed by atoms with Gasteiger partial charge >= 0.3 is 0 Å². The Labute approximate surface area is 100 Å². The third-order valence-corrected chi connectivity index (χ3v) is 2.95. The standard InChI is InChI=1S/C15H16F2/c16-15(17)8-4-1-5-12-9-10-13-6-2-3-7-14(13)11-12/h2-3,6-7,9-11,15H,1,4-5,8H2. The van der Waals surface area contributed by atoms with Crippen LogP contribution in [0.3, 0.4) is 0 Å². The zero-order valence-corrected chi connectivity index (χ0v) is 9.70. The van der Waals surface area contributed by atoms with Gasteiger partial charge in [-0.2, -0.15) is 0 Å². The van der Waals surface area contributed by atoms with Gasteiger partial charge in [0.2, 0.25) is 6.43 Å². The van der Waals surface area contributed by atoms with E-state index in [1.807, 2.05) is 12.1 Å². The SMILES string of the molecule is FC(F)CCCCc1ccc2ccccc2c1. The lowest BCUT2D eigenvalue weighted by molar-refractivity contribution is 0.134. The summed E-state index contributed by atoms with van der Waals surface area (Å²) in [6.07, 6.45) is 0.185. The van der Waals surface area contributed by atoms with Crippen molar-refractivity contribution in [1.29, 1.82) is 0 Å². The van der Waals surface area contributed by atoms with Crippen molar-refractivity contribution in [1.82, 2.24) is 0 Å². The molecule has 0 unspecified atom stereocenters. The van der Waals surface area contributed by atoms with E-state index in [0.29, 0.717) is 6.42 Å². The highest BCUT2D eigenvalue weighted by atomic mass is 19.3. The van der Waals surface area contributed by atoms with Gasteiger partial charge in [0.25, 0.3) is 0 Å². The van der Waals surface area contributed by atoms with Gasteiger partial charge in [-0.05, 0) is 35.6 Å². The van der Waals surface area contributed by atoms with Gasteiger partial charge in [-0.15, -0.1) is 0 Å². The smallest absolute Gasteiger partial charge is 0.211 e. The van der Waals surface area contributed by atoms with Crippen LogP contribution < -0.4 is 0 Å². The Kier molecular flexibility index (Phi) is 4.08. The first-order valence-electron chi connectivity index (χ1n) is 6.01. The van der Waals surface area contributed by atoms with Gasteiger partial charge in [-0.1, -0.05) is 42.5 Å². The topological polar surface area (TPSA) is 0 Å². The van der Waals surface area contributed by atoms with Crippen molar-refractivity contribution in [3.8, 4) is 0 Å². The molecule has 0 aliphatic heterocycles. The summed E-state index contributed by atoms with van der Waals surface area (Å²) in [6.45, 7) is 0. The number of benzene rings is 2. The maximum absolute atomic E-state index is 12.0. The monoisotopic (exact) mass is 234 g/mol. The van der Waals surface area contributed by atoms with E-state index in [1.54, 1.807) is 0 Å². The van der Waals surface area contributed by atoms with Crippen LogP contribution in [0, 0.1) is 0 Å². The number of aryl methyl sites for hydroxylation is 1. The summed E-state index contributed by atoms with van der Waals surface area (Å²) in [5.41, 5.74) is 1.23. The van der Waals surface area contributed by atoms with Crippen LogP contribution in [0.2, 0.25) is 0 Å². The second-order valence-corrected chi connectivity index (χ2v) is 4.32. The molecular formula is C15H16F2. The number of halogens is 2. The number of hydrogen-bond donors (Lipinski definition) is 0. The lowest BCUT2D eigenvalue weighted by Crippen LogP contribution is -1.92. The molecule has 0 radical (unpaired) electrons. The zero-order chi connectivity index (χ0) is 12.1. The molecule has 0 nitrogen and oxygen atoms in total. The Morgan fingerprint density at radius 2 is 1.65 bits per heavy atom. The maximum Gasteiger partial charge on any atom is 0.238 e. The Hall–Kier alpha value is -1.44. The summed E-state index contributed by atoms with van der Waals surface area (Å²) in [5.74, 6) is 0. The largest absolute Gasteiger partial charge is 0.238 e. The van der Waals surface area contributed by atoms with Gasteiger partial charge in [0.1, 0.15) is 0 Å². The summed E-state index contributed by atoms with van der Waals surface area (Å²) in [7, 11) is 0. The summed E-state index contributed by atoms with van der Waals surface area (Å²) in [6, 6.07) is 14.5. The number of hydrogen-bond acceptors (Lipinski definition) is 0. The Morgan fingerprint density at radius 3 is 2.41 bits per heavy atom. The van der Waals surface area contributed by atoms with Crippen LogP contribution in [0.4, 0.5) is 8.78 Å². The van der Waals surface area contributed by atoms with Crippen LogP contribution in [0.1, 0.15) is 24.8 Å². The molecule has 0 aliphatic rings. The van der Waals surface area contributed by atoms with E-state index in [4.69, 9.17) is 0 Å². The van der Waals surface area contributed by atoms with Crippen molar-refractivity contribution in [3.05, 3.63) is 48.0 Å². The highest BCUT2D eigenvalue weighted by Crippen LogP contribution is 2.17. The average Bonchev–Trinajstić information content (AvgIpc) is 2.34. The number of unbranched alkanes of at least 4 members (excludes halogenated alkanes) is 1. The molecule has 0 aromatic heterocycles. The second-order valence-electron chi connectivity index (χ2n) is 4.32. The molecule has 0 aliphatic carbocycles. The van der Waals surface area contributed by atoms with Crippen molar-refractivity contribution in [2.75, 3.05) is 0 Å². The molecular weight excluding hydrogens is 218 g/mol. The predicted octanol–water partition coefficient (Wildman–Crippen LogP) is 4.82. The average molecular weight is 234 g/mol. The summed E-state index contributed by atoms with van der Waals surface area (Å²) >= 11 is 0. The van der Waals surface area contributed by atoms with E-state index in [-0.39, 0.29) is 6.42 Å². The van der Waals surface area contributed by atoms with E-state index in [9.17, 15) is 8.78 Å². The lowest BCUT2D eigenvalue weighted by Gasteiger charge is -2.04. The van der Waals surface area contributed by atoms with Crippen molar-refractivity contribution < 1.29 is 8.78 Å². The van der Waals surface area contributed by atoms with Crippen LogP contribution >= 0.6 is 0 Å². The van der Waals surface area contributed by atoms with Crippen molar-refractivity contribution >= 4 is 10.8 Å². The predicted molar refractivity (Wildman–Crippen MR) is 67.5 cm³/mol. The molecule has 2 heteroatoms. The van der Waals surface area contributed by atoms with Crippen molar-refractivity contribution in [2.24, 2.45) is 0 Å². The van der Waals surface area contributed by atoms with Gasteiger partial charge in [0, 0.05) is 6.42 Å². The van der Waals surface area contributed by atoms with Gasteiger partial charge in [0.05, 0.1) is 0 Å². The molecule has 90 valence electrons. The van der Waals surface area contributed by atoms with Gasteiger partial charge < -0.3 is 0 Å². The molecule has 0 heterocycles. The molecule has 2 aromatic rings. The van der Waals surface area contributed by atoms with E-state index < -0.39 is 6.43 Å².